The maximum absolute atomic E-state index is 5.84. The molecule has 0 fully saturated rings. The SMILES string of the molecule is Nc1ncnc(Cl)c1C#Cc1ccccn1. The van der Waals surface area contributed by atoms with Crippen molar-refractivity contribution in [2.45, 2.75) is 0 Å². The standard InChI is InChI=1S/C11H7ClN4/c12-10-9(11(13)16-7-15-10)5-4-8-3-1-2-6-14-8/h1-3,6-7H,(H2,13,15,16). The van der Waals surface area contributed by atoms with Crippen molar-refractivity contribution in [2.75, 3.05) is 5.73 Å². The van der Waals surface area contributed by atoms with Gasteiger partial charge in [-0.2, -0.15) is 0 Å². The Hall–Kier alpha value is -2.12. The molecule has 0 aromatic carbocycles. The van der Waals surface area contributed by atoms with E-state index in [1.807, 2.05) is 12.1 Å². The number of hydrogen-bond donors (Lipinski definition) is 1. The van der Waals surface area contributed by atoms with E-state index < -0.39 is 0 Å². The van der Waals surface area contributed by atoms with Crippen LogP contribution in [-0.2, 0) is 0 Å². The van der Waals surface area contributed by atoms with Crippen LogP contribution in [0.2, 0.25) is 5.15 Å². The van der Waals surface area contributed by atoms with Crippen LogP contribution >= 0.6 is 11.6 Å². The summed E-state index contributed by atoms with van der Waals surface area (Å²) in [6.45, 7) is 0. The van der Waals surface area contributed by atoms with E-state index in [4.69, 9.17) is 17.3 Å². The lowest BCUT2D eigenvalue weighted by atomic mass is 10.3. The topological polar surface area (TPSA) is 64.7 Å². The Kier molecular flexibility index (Phi) is 2.99. The summed E-state index contributed by atoms with van der Waals surface area (Å²) in [7, 11) is 0. The number of nitrogens with two attached hydrogens (primary N) is 1. The minimum Gasteiger partial charge on any atom is -0.383 e. The van der Waals surface area contributed by atoms with Crippen LogP contribution < -0.4 is 5.73 Å². The Labute approximate surface area is 97.5 Å². The molecule has 4 nitrogen and oxygen atoms in total. The number of nitrogens with zero attached hydrogens (tertiary/aromatic N) is 3. The fourth-order valence-electron chi connectivity index (χ4n) is 1.06. The average molecular weight is 231 g/mol. The van der Waals surface area contributed by atoms with E-state index in [1.54, 1.807) is 12.3 Å². The molecule has 2 N–H and O–H groups in total. The number of nitrogen functional groups attached to an aromatic ring is 1. The molecular weight excluding hydrogens is 224 g/mol. The molecule has 16 heavy (non-hydrogen) atoms. The van der Waals surface area contributed by atoms with Crippen LogP contribution in [-0.4, -0.2) is 15.0 Å². The molecule has 0 saturated heterocycles. The van der Waals surface area contributed by atoms with Crippen LogP contribution in [0.4, 0.5) is 5.82 Å². The van der Waals surface area contributed by atoms with Crippen LogP contribution in [0.5, 0.6) is 0 Å². The van der Waals surface area contributed by atoms with Gasteiger partial charge in [-0.1, -0.05) is 23.6 Å². The minimum absolute atomic E-state index is 0.246. The van der Waals surface area contributed by atoms with Crippen LogP contribution in [0.1, 0.15) is 11.3 Å². The van der Waals surface area contributed by atoms with Crippen molar-refractivity contribution < 1.29 is 0 Å². The Morgan fingerprint density at radius 2 is 2.00 bits per heavy atom. The number of halogens is 1. The first-order valence-electron chi connectivity index (χ1n) is 4.46. The molecule has 0 saturated carbocycles. The third kappa shape index (κ3) is 2.27. The fourth-order valence-corrected chi connectivity index (χ4v) is 1.24. The van der Waals surface area contributed by atoms with Crippen LogP contribution in [0.15, 0.2) is 30.7 Å². The van der Waals surface area contributed by atoms with Gasteiger partial charge in [-0.25, -0.2) is 15.0 Å². The molecule has 5 heteroatoms. The van der Waals surface area contributed by atoms with Gasteiger partial charge in [-0.05, 0) is 18.1 Å². The molecule has 0 unspecified atom stereocenters. The Morgan fingerprint density at radius 1 is 1.12 bits per heavy atom. The van der Waals surface area contributed by atoms with Gasteiger partial charge >= 0.3 is 0 Å². The van der Waals surface area contributed by atoms with Gasteiger partial charge in [0, 0.05) is 6.20 Å². The number of hydrogen-bond acceptors (Lipinski definition) is 4. The van der Waals surface area contributed by atoms with Crippen LogP contribution in [0, 0.1) is 11.8 Å². The first-order valence-corrected chi connectivity index (χ1v) is 4.84. The molecule has 2 aromatic heterocycles. The lowest BCUT2D eigenvalue weighted by molar-refractivity contribution is 1.17. The van der Waals surface area contributed by atoms with E-state index in [0.717, 1.165) is 0 Å². The van der Waals surface area contributed by atoms with Crippen LogP contribution in [0.25, 0.3) is 0 Å². The molecule has 0 radical (unpaired) electrons. The van der Waals surface area contributed by atoms with Crippen molar-refractivity contribution in [3.05, 3.63) is 47.1 Å². The van der Waals surface area contributed by atoms with E-state index in [0.29, 0.717) is 11.3 Å². The maximum Gasteiger partial charge on any atom is 0.150 e. The van der Waals surface area contributed by atoms with Gasteiger partial charge in [0.05, 0.1) is 0 Å². The second kappa shape index (κ2) is 4.60. The van der Waals surface area contributed by atoms with Crippen LogP contribution in [0.3, 0.4) is 0 Å². The molecule has 0 aliphatic heterocycles. The summed E-state index contributed by atoms with van der Waals surface area (Å²) in [5.74, 6) is 5.91. The third-order valence-corrected chi connectivity index (χ3v) is 2.10. The van der Waals surface area contributed by atoms with Crippen molar-refractivity contribution in [3.8, 4) is 11.8 Å². The van der Waals surface area contributed by atoms with E-state index in [-0.39, 0.29) is 11.0 Å². The first kappa shape index (κ1) is 10.4. The second-order valence-corrected chi connectivity index (χ2v) is 3.25. The van der Waals surface area contributed by atoms with Crippen molar-refractivity contribution >= 4 is 17.4 Å². The summed E-state index contributed by atoms with van der Waals surface area (Å²) in [6, 6.07) is 5.46. The van der Waals surface area contributed by atoms with Gasteiger partial charge < -0.3 is 5.73 Å². The molecule has 0 aliphatic rings. The van der Waals surface area contributed by atoms with Crippen molar-refractivity contribution in [3.63, 3.8) is 0 Å². The summed E-state index contributed by atoms with van der Waals surface area (Å²) in [5, 5.41) is 0.246. The summed E-state index contributed by atoms with van der Waals surface area (Å²) >= 11 is 5.84. The number of aromatic nitrogens is 3. The van der Waals surface area contributed by atoms with E-state index >= 15 is 0 Å². The fraction of sp³-hybridized carbons (Fsp3) is 0. The highest BCUT2D eigenvalue weighted by Gasteiger charge is 2.02. The molecule has 2 aromatic rings. The van der Waals surface area contributed by atoms with Gasteiger partial charge in [-0.3, -0.25) is 0 Å². The van der Waals surface area contributed by atoms with E-state index in [2.05, 4.69) is 26.8 Å². The first-order chi connectivity index (χ1) is 7.77. The molecule has 0 bridgehead atoms. The van der Waals surface area contributed by atoms with E-state index in [9.17, 15) is 0 Å². The zero-order valence-electron chi connectivity index (χ0n) is 8.18. The highest BCUT2D eigenvalue weighted by Crippen LogP contribution is 2.15. The summed E-state index contributed by atoms with van der Waals surface area (Å²) in [6.07, 6.45) is 2.96. The lowest BCUT2D eigenvalue weighted by Gasteiger charge is -1.97. The zero-order chi connectivity index (χ0) is 11.4. The largest absolute Gasteiger partial charge is 0.383 e. The highest BCUT2D eigenvalue weighted by atomic mass is 35.5. The van der Waals surface area contributed by atoms with Crippen molar-refractivity contribution in [1.82, 2.24) is 15.0 Å². The molecule has 0 atom stereocenters. The number of rotatable bonds is 0. The normalized spacial score (nSPS) is 9.31. The maximum atomic E-state index is 5.84. The quantitative estimate of drug-likeness (QED) is 0.550. The number of anilines is 1. The average Bonchev–Trinajstić information content (AvgIpc) is 2.30. The van der Waals surface area contributed by atoms with E-state index in [1.165, 1.54) is 6.33 Å². The van der Waals surface area contributed by atoms with Gasteiger partial charge in [0.15, 0.2) is 0 Å². The Bertz CT molecular complexity index is 537. The smallest absolute Gasteiger partial charge is 0.150 e. The predicted octanol–water partition coefficient (Wildman–Crippen LogP) is 1.51. The van der Waals surface area contributed by atoms with Gasteiger partial charge in [0.1, 0.15) is 28.6 Å². The summed E-state index contributed by atoms with van der Waals surface area (Å²) < 4.78 is 0. The van der Waals surface area contributed by atoms with Crippen molar-refractivity contribution in [2.24, 2.45) is 0 Å². The van der Waals surface area contributed by atoms with Gasteiger partial charge in [-0.15, -0.1) is 0 Å². The molecular formula is C11H7ClN4. The monoisotopic (exact) mass is 230 g/mol. The highest BCUT2D eigenvalue weighted by molar-refractivity contribution is 6.30. The lowest BCUT2D eigenvalue weighted by Crippen LogP contribution is -1.96. The molecule has 2 heterocycles. The predicted molar refractivity (Wildman–Crippen MR) is 61.7 cm³/mol. The molecule has 2 rings (SSSR count). The molecule has 0 spiro atoms. The van der Waals surface area contributed by atoms with Gasteiger partial charge in [0.25, 0.3) is 0 Å². The number of pyridine rings is 1. The Morgan fingerprint density at radius 3 is 2.69 bits per heavy atom. The Balaban J connectivity index is 2.39. The second-order valence-electron chi connectivity index (χ2n) is 2.89. The molecule has 0 aliphatic carbocycles. The summed E-state index contributed by atoms with van der Waals surface area (Å²) in [5.41, 5.74) is 6.69. The minimum atomic E-state index is 0.246. The third-order valence-electron chi connectivity index (χ3n) is 1.81. The molecule has 0 amide bonds. The van der Waals surface area contributed by atoms with Gasteiger partial charge in [0.2, 0.25) is 0 Å². The molecule has 78 valence electrons. The zero-order valence-corrected chi connectivity index (χ0v) is 8.94. The summed E-state index contributed by atoms with van der Waals surface area (Å²) in [4.78, 5) is 11.7. The van der Waals surface area contributed by atoms with Crippen molar-refractivity contribution in [1.29, 1.82) is 0 Å².